The van der Waals surface area contributed by atoms with E-state index in [-0.39, 0.29) is 6.10 Å². The number of aliphatic hydroxyl groups is 1. The van der Waals surface area contributed by atoms with Gasteiger partial charge in [-0.25, -0.2) is 0 Å². The molecule has 2 rings (SSSR count). The molecule has 0 saturated heterocycles. The van der Waals surface area contributed by atoms with Crippen LogP contribution in [0.4, 0.5) is 0 Å². The third-order valence-corrected chi connectivity index (χ3v) is 4.78. The minimum atomic E-state index is -0.0773. The molecule has 2 heteroatoms. The van der Waals surface area contributed by atoms with Gasteiger partial charge in [0.05, 0.1) is 6.10 Å². The van der Waals surface area contributed by atoms with Gasteiger partial charge in [-0.1, -0.05) is 43.9 Å². The summed E-state index contributed by atoms with van der Waals surface area (Å²) in [7, 11) is 0. The maximum atomic E-state index is 10.1. The molecule has 0 amide bonds. The van der Waals surface area contributed by atoms with Crippen molar-refractivity contribution in [1.29, 1.82) is 0 Å². The van der Waals surface area contributed by atoms with Gasteiger partial charge in [0.25, 0.3) is 0 Å². The summed E-state index contributed by atoms with van der Waals surface area (Å²) >= 11 is 1.89. The molecule has 0 aromatic heterocycles. The first kappa shape index (κ1) is 13.0. The van der Waals surface area contributed by atoms with Crippen LogP contribution in [-0.4, -0.2) is 17.0 Å². The van der Waals surface area contributed by atoms with Crippen molar-refractivity contribution in [2.45, 2.75) is 49.5 Å². The van der Waals surface area contributed by atoms with Gasteiger partial charge < -0.3 is 5.11 Å². The van der Waals surface area contributed by atoms with Gasteiger partial charge in [0.1, 0.15) is 0 Å². The van der Waals surface area contributed by atoms with Crippen LogP contribution in [0.2, 0.25) is 0 Å². The van der Waals surface area contributed by atoms with Gasteiger partial charge in [-0.2, -0.15) is 0 Å². The fourth-order valence-corrected chi connectivity index (χ4v) is 3.60. The van der Waals surface area contributed by atoms with Gasteiger partial charge in [-0.3, -0.25) is 0 Å². The first-order valence-corrected chi connectivity index (χ1v) is 7.71. The Bertz CT molecular complexity index is 312. The standard InChI is InChI=1S/C15H22OS/c16-15-11-7-2-1-4-8-13(15)12-17-14-9-5-3-6-10-14/h3,5-6,9-10,13,15-16H,1-2,4,7-8,11-12H2/t13-,15+/m0/s1. The predicted molar refractivity (Wildman–Crippen MR) is 74.4 cm³/mol. The second kappa shape index (κ2) is 7.07. The van der Waals surface area contributed by atoms with Crippen molar-refractivity contribution in [3.63, 3.8) is 0 Å². The molecule has 2 atom stereocenters. The zero-order chi connectivity index (χ0) is 11.9. The maximum Gasteiger partial charge on any atom is 0.0576 e. The quantitative estimate of drug-likeness (QED) is 0.815. The van der Waals surface area contributed by atoms with Crippen molar-refractivity contribution >= 4 is 11.8 Å². The smallest absolute Gasteiger partial charge is 0.0576 e. The lowest BCUT2D eigenvalue weighted by atomic mass is 9.90. The molecule has 17 heavy (non-hydrogen) atoms. The summed E-state index contributed by atoms with van der Waals surface area (Å²) in [6.07, 6.45) is 7.26. The van der Waals surface area contributed by atoms with E-state index in [1.165, 1.54) is 37.0 Å². The van der Waals surface area contributed by atoms with E-state index < -0.39 is 0 Å². The second-order valence-corrected chi connectivity index (χ2v) is 6.04. The SMILES string of the molecule is O[C@@H]1CCCCCC[C@H]1CSc1ccccc1. The first-order chi connectivity index (χ1) is 8.36. The number of thioether (sulfide) groups is 1. The number of hydrogen-bond donors (Lipinski definition) is 1. The maximum absolute atomic E-state index is 10.1. The lowest BCUT2D eigenvalue weighted by Gasteiger charge is -2.25. The Morgan fingerprint density at radius 3 is 2.47 bits per heavy atom. The summed E-state index contributed by atoms with van der Waals surface area (Å²) in [5.74, 6) is 1.55. The van der Waals surface area contributed by atoms with Gasteiger partial charge >= 0.3 is 0 Å². The second-order valence-electron chi connectivity index (χ2n) is 4.94. The molecule has 1 aliphatic carbocycles. The van der Waals surface area contributed by atoms with E-state index in [0.717, 1.165) is 12.2 Å². The van der Waals surface area contributed by atoms with Gasteiger partial charge in [-0.05, 0) is 30.9 Å². The molecule has 1 saturated carbocycles. The molecule has 0 bridgehead atoms. The topological polar surface area (TPSA) is 20.2 Å². The highest BCUT2D eigenvalue weighted by Gasteiger charge is 2.20. The van der Waals surface area contributed by atoms with E-state index in [2.05, 4.69) is 30.3 Å². The summed E-state index contributed by atoms with van der Waals surface area (Å²) in [6.45, 7) is 0. The molecule has 1 aliphatic rings. The van der Waals surface area contributed by atoms with E-state index >= 15 is 0 Å². The van der Waals surface area contributed by atoms with Crippen molar-refractivity contribution in [2.75, 3.05) is 5.75 Å². The molecule has 0 aliphatic heterocycles. The number of rotatable bonds is 3. The molecule has 1 aromatic carbocycles. The van der Waals surface area contributed by atoms with Crippen molar-refractivity contribution in [3.05, 3.63) is 30.3 Å². The summed E-state index contributed by atoms with van der Waals surface area (Å²) in [5, 5.41) is 10.1. The average Bonchev–Trinajstić information content (AvgIpc) is 2.35. The molecule has 0 unspecified atom stereocenters. The van der Waals surface area contributed by atoms with Crippen LogP contribution in [0.3, 0.4) is 0 Å². The van der Waals surface area contributed by atoms with Crippen molar-refractivity contribution < 1.29 is 5.11 Å². The Hall–Kier alpha value is -0.470. The van der Waals surface area contributed by atoms with Crippen LogP contribution in [0.15, 0.2) is 35.2 Å². The first-order valence-electron chi connectivity index (χ1n) is 6.72. The summed E-state index contributed by atoms with van der Waals surface area (Å²) in [5.41, 5.74) is 0. The third-order valence-electron chi connectivity index (χ3n) is 3.58. The molecular formula is C15H22OS. The Morgan fingerprint density at radius 1 is 1.00 bits per heavy atom. The molecule has 94 valence electrons. The van der Waals surface area contributed by atoms with Crippen LogP contribution in [0, 0.1) is 5.92 Å². The fourth-order valence-electron chi connectivity index (χ4n) is 2.46. The third kappa shape index (κ3) is 4.36. The largest absolute Gasteiger partial charge is 0.393 e. The highest BCUT2D eigenvalue weighted by atomic mass is 32.2. The van der Waals surface area contributed by atoms with Crippen molar-refractivity contribution in [2.24, 2.45) is 5.92 Å². The van der Waals surface area contributed by atoms with Gasteiger partial charge in [-0.15, -0.1) is 11.8 Å². The van der Waals surface area contributed by atoms with Crippen LogP contribution in [0.25, 0.3) is 0 Å². The Kier molecular flexibility index (Phi) is 5.40. The lowest BCUT2D eigenvalue weighted by Crippen LogP contribution is -2.23. The van der Waals surface area contributed by atoms with E-state index in [1.807, 2.05) is 11.8 Å². The molecule has 1 fully saturated rings. The predicted octanol–water partition coefficient (Wildman–Crippen LogP) is 4.11. The molecular weight excluding hydrogens is 228 g/mol. The number of benzene rings is 1. The minimum absolute atomic E-state index is 0.0773. The Labute approximate surface area is 109 Å². The number of aliphatic hydroxyl groups excluding tert-OH is 1. The van der Waals surface area contributed by atoms with Crippen LogP contribution in [0.5, 0.6) is 0 Å². The van der Waals surface area contributed by atoms with E-state index in [1.54, 1.807) is 0 Å². The van der Waals surface area contributed by atoms with Gasteiger partial charge in [0.15, 0.2) is 0 Å². The molecule has 0 heterocycles. The number of hydrogen-bond acceptors (Lipinski definition) is 2. The van der Waals surface area contributed by atoms with Crippen LogP contribution >= 0.6 is 11.8 Å². The molecule has 0 spiro atoms. The molecule has 1 aromatic rings. The van der Waals surface area contributed by atoms with Gasteiger partial charge in [0.2, 0.25) is 0 Å². The van der Waals surface area contributed by atoms with E-state index in [0.29, 0.717) is 5.92 Å². The van der Waals surface area contributed by atoms with Gasteiger partial charge in [0, 0.05) is 10.6 Å². The highest BCUT2D eigenvalue weighted by molar-refractivity contribution is 7.99. The minimum Gasteiger partial charge on any atom is -0.393 e. The van der Waals surface area contributed by atoms with Crippen LogP contribution in [0.1, 0.15) is 38.5 Å². The monoisotopic (exact) mass is 250 g/mol. The lowest BCUT2D eigenvalue weighted by molar-refractivity contribution is 0.0950. The summed E-state index contributed by atoms with van der Waals surface area (Å²) in [4.78, 5) is 1.32. The molecule has 1 nitrogen and oxygen atoms in total. The molecule has 0 radical (unpaired) electrons. The fraction of sp³-hybridized carbons (Fsp3) is 0.600. The summed E-state index contributed by atoms with van der Waals surface area (Å²) in [6, 6.07) is 10.5. The van der Waals surface area contributed by atoms with Crippen LogP contribution in [-0.2, 0) is 0 Å². The zero-order valence-electron chi connectivity index (χ0n) is 10.3. The zero-order valence-corrected chi connectivity index (χ0v) is 11.2. The summed E-state index contributed by atoms with van der Waals surface area (Å²) < 4.78 is 0. The average molecular weight is 250 g/mol. The Morgan fingerprint density at radius 2 is 1.71 bits per heavy atom. The molecule has 1 N–H and O–H groups in total. The Balaban J connectivity index is 1.83. The van der Waals surface area contributed by atoms with E-state index in [4.69, 9.17) is 0 Å². The normalized spacial score (nSPS) is 26.2. The van der Waals surface area contributed by atoms with E-state index in [9.17, 15) is 5.11 Å². The van der Waals surface area contributed by atoms with Crippen molar-refractivity contribution in [1.82, 2.24) is 0 Å². The highest BCUT2D eigenvalue weighted by Crippen LogP contribution is 2.28. The van der Waals surface area contributed by atoms with Crippen molar-refractivity contribution in [3.8, 4) is 0 Å². The van der Waals surface area contributed by atoms with Crippen LogP contribution < -0.4 is 0 Å².